The number of hydrogen-bond donors (Lipinski definition) is 2. The second-order valence-corrected chi connectivity index (χ2v) is 7.52. The van der Waals surface area contributed by atoms with E-state index in [0.29, 0.717) is 22.8 Å². The van der Waals surface area contributed by atoms with Crippen LogP contribution < -0.4 is 10.6 Å². The minimum atomic E-state index is -0.729. The molecule has 0 saturated carbocycles. The summed E-state index contributed by atoms with van der Waals surface area (Å²) < 4.78 is 10.7. The van der Waals surface area contributed by atoms with Gasteiger partial charge in [0.1, 0.15) is 16.8 Å². The number of esters is 1. The molecule has 3 heterocycles. The molecule has 30 heavy (non-hydrogen) atoms. The van der Waals surface area contributed by atoms with Gasteiger partial charge in [-0.25, -0.2) is 19.6 Å². The van der Waals surface area contributed by atoms with Crippen LogP contribution in [0.5, 0.6) is 0 Å². The Bertz CT molecular complexity index is 1130. The molecular formula is C21H20N4O4S. The molecule has 3 aromatic rings. The van der Waals surface area contributed by atoms with Crippen molar-refractivity contribution in [2.75, 3.05) is 12.4 Å². The third kappa shape index (κ3) is 4.02. The average molecular weight is 424 g/mol. The summed E-state index contributed by atoms with van der Waals surface area (Å²) in [7, 11) is 0. The van der Waals surface area contributed by atoms with Crippen LogP contribution in [0.2, 0.25) is 0 Å². The van der Waals surface area contributed by atoms with Gasteiger partial charge >= 0.3 is 12.0 Å². The van der Waals surface area contributed by atoms with E-state index in [9.17, 15) is 9.59 Å². The Hall–Kier alpha value is -3.33. The Morgan fingerprint density at radius 2 is 1.97 bits per heavy atom. The lowest BCUT2D eigenvalue weighted by molar-refractivity contribution is -0.139. The van der Waals surface area contributed by atoms with Gasteiger partial charge in [-0.3, -0.25) is 0 Å². The predicted molar refractivity (Wildman–Crippen MR) is 112 cm³/mol. The number of nitrogens with one attached hydrogen (secondary N) is 2. The van der Waals surface area contributed by atoms with Gasteiger partial charge in [-0.1, -0.05) is 23.9 Å². The first-order valence-electron chi connectivity index (χ1n) is 9.44. The number of nitrogens with zero attached hydrogens (tertiary/aromatic N) is 2. The average Bonchev–Trinajstić information content (AvgIpc) is 3.26. The normalized spacial score (nSPS) is 16.3. The van der Waals surface area contributed by atoms with Gasteiger partial charge < -0.3 is 19.8 Å². The van der Waals surface area contributed by atoms with Crippen LogP contribution in [-0.2, 0) is 9.53 Å². The van der Waals surface area contributed by atoms with Crippen LogP contribution in [0, 0.1) is 6.92 Å². The summed E-state index contributed by atoms with van der Waals surface area (Å²) in [6.07, 6.45) is 1.49. The number of ether oxygens (including phenoxy) is 1. The molecule has 0 radical (unpaired) electrons. The third-order valence-electron chi connectivity index (χ3n) is 4.53. The molecule has 4 rings (SSSR count). The van der Waals surface area contributed by atoms with Crippen LogP contribution >= 0.6 is 11.8 Å². The lowest BCUT2D eigenvalue weighted by Crippen LogP contribution is -2.46. The number of aromatic nitrogens is 2. The van der Waals surface area contributed by atoms with Crippen molar-refractivity contribution < 1.29 is 18.7 Å². The summed E-state index contributed by atoms with van der Waals surface area (Å²) >= 11 is 1.40. The van der Waals surface area contributed by atoms with Crippen LogP contribution in [-0.4, -0.2) is 34.3 Å². The third-order valence-corrected chi connectivity index (χ3v) is 5.62. The Morgan fingerprint density at radius 1 is 1.20 bits per heavy atom. The maximum Gasteiger partial charge on any atom is 0.338 e. The van der Waals surface area contributed by atoms with E-state index in [1.807, 2.05) is 31.2 Å². The minimum absolute atomic E-state index is 0.219. The lowest BCUT2D eigenvalue weighted by atomic mass is 10.0. The van der Waals surface area contributed by atoms with E-state index >= 15 is 0 Å². The van der Waals surface area contributed by atoms with Gasteiger partial charge in [-0.05, 0) is 38.1 Å². The molecule has 2 amide bonds. The van der Waals surface area contributed by atoms with Crippen molar-refractivity contribution in [1.82, 2.24) is 20.6 Å². The highest BCUT2D eigenvalue weighted by atomic mass is 32.2. The van der Waals surface area contributed by atoms with Crippen LogP contribution in [0.25, 0.3) is 11.0 Å². The fourth-order valence-corrected chi connectivity index (χ4v) is 4.13. The Kier molecular flexibility index (Phi) is 5.71. The molecule has 1 aliphatic heterocycles. The van der Waals surface area contributed by atoms with Gasteiger partial charge in [-0.2, -0.15) is 0 Å². The second-order valence-electron chi connectivity index (χ2n) is 6.55. The van der Waals surface area contributed by atoms with E-state index in [2.05, 4.69) is 20.6 Å². The molecule has 0 bridgehead atoms. The van der Waals surface area contributed by atoms with Gasteiger partial charge in [0, 0.05) is 11.4 Å². The van der Waals surface area contributed by atoms with E-state index in [0.717, 1.165) is 21.8 Å². The fraction of sp³-hybridized carbons (Fsp3) is 0.238. The molecule has 9 heteroatoms. The zero-order chi connectivity index (χ0) is 21.1. The van der Waals surface area contributed by atoms with Crippen molar-refractivity contribution >= 4 is 34.8 Å². The SMILES string of the molecule is CCOC(=O)C1=C(CSc2nc3ccccc3nc2C)NC(=O)NC1c1ccco1. The number of fused-ring (bicyclic) bond motifs is 1. The van der Waals surface area contributed by atoms with Gasteiger partial charge in [0.25, 0.3) is 0 Å². The summed E-state index contributed by atoms with van der Waals surface area (Å²) in [6, 6.07) is 9.89. The summed E-state index contributed by atoms with van der Waals surface area (Å²) in [5, 5.41) is 6.20. The fourth-order valence-electron chi connectivity index (χ4n) is 3.20. The first kappa shape index (κ1) is 20.0. The van der Waals surface area contributed by atoms with Gasteiger partial charge in [0.05, 0.1) is 35.2 Å². The Labute approximate surface area is 177 Å². The molecule has 1 atom stereocenters. The lowest BCUT2D eigenvalue weighted by Gasteiger charge is -2.27. The molecule has 2 aromatic heterocycles. The predicted octanol–water partition coefficient (Wildman–Crippen LogP) is 3.49. The molecule has 2 N–H and O–H groups in total. The highest BCUT2D eigenvalue weighted by molar-refractivity contribution is 7.99. The molecule has 8 nitrogen and oxygen atoms in total. The smallest absolute Gasteiger partial charge is 0.338 e. The summed E-state index contributed by atoms with van der Waals surface area (Å²) in [5.74, 6) is 0.257. The Morgan fingerprint density at radius 3 is 2.67 bits per heavy atom. The maximum absolute atomic E-state index is 12.7. The zero-order valence-corrected chi connectivity index (χ0v) is 17.3. The van der Waals surface area contributed by atoms with Crippen LogP contribution in [0.4, 0.5) is 4.79 Å². The summed E-state index contributed by atoms with van der Waals surface area (Å²) in [6.45, 7) is 3.84. The maximum atomic E-state index is 12.7. The number of amides is 2. The van der Waals surface area contributed by atoms with Gasteiger partial charge in [0.2, 0.25) is 0 Å². The van der Waals surface area contributed by atoms with Gasteiger partial charge in [0.15, 0.2) is 0 Å². The van der Waals surface area contributed by atoms with Crippen LogP contribution in [0.15, 0.2) is 63.4 Å². The number of thioether (sulfide) groups is 1. The van der Waals surface area contributed by atoms with E-state index in [-0.39, 0.29) is 6.61 Å². The van der Waals surface area contributed by atoms with E-state index in [1.165, 1.54) is 18.0 Å². The molecular weight excluding hydrogens is 404 g/mol. The Balaban J connectivity index is 1.68. The second kappa shape index (κ2) is 8.58. The van der Waals surface area contributed by atoms with Crippen molar-refractivity contribution in [2.45, 2.75) is 24.9 Å². The van der Waals surface area contributed by atoms with Crippen LogP contribution in [0.1, 0.15) is 24.4 Å². The molecule has 0 fully saturated rings. The van der Waals surface area contributed by atoms with Gasteiger partial charge in [-0.15, -0.1) is 0 Å². The molecule has 0 spiro atoms. The van der Waals surface area contributed by atoms with Crippen molar-refractivity contribution in [3.8, 4) is 0 Å². The van der Waals surface area contributed by atoms with Crippen molar-refractivity contribution in [1.29, 1.82) is 0 Å². The number of rotatable bonds is 6. The van der Waals surface area contributed by atoms with Crippen LogP contribution in [0.3, 0.4) is 0 Å². The van der Waals surface area contributed by atoms with E-state index in [4.69, 9.17) is 9.15 Å². The molecule has 154 valence electrons. The largest absolute Gasteiger partial charge is 0.467 e. The van der Waals surface area contributed by atoms with Crippen molar-refractivity contribution in [3.05, 3.63) is 65.4 Å². The number of hydrogen-bond acceptors (Lipinski definition) is 7. The first-order chi connectivity index (χ1) is 14.6. The standard InChI is InChI=1S/C21H20N4O4S/c1-3-28-20(26)17-15(24-21(27)25-18(17)16-9-6-10-29-16)11-30-19-12(2)22-13-7-4-5-8-14(13)23-19/h4-10,18H,3,11H2,1-2H3,(H2,24,25,27). The molecule has 1 aromatic carbocycles. The molecule has 0 aliphatic carbocycles. The highest BCUT2D eigenvalue weighted by Crippen LogP contribution is 2.31. The van der Waals surface area contributed by atoms with E-state index in [1.54, 1.807) is 19.1 Å². The monoisotopic (exact) mass is 424 g/mol. The van der Waals surface area contributed by atoms with E-state index < -0.39 is 18.0 Å². The molecule has 1 aliphatic rings. The number of furan rings is 1. The number of para-hydroxylation sites is 2. The number of carbonyl (C=O) groups excluding carboxylic acids is 2. The number of aryl methyl sites for hydroxylation is 1. The first-order valence-corrected chi connectivity index (χ1v) is 10.4. The number of benzene rings is 1. The molecule has 0 saturated heterocycles. The number of carbonyl (C=O) groups is 2. The summed E-state index contributed by atoms with van der Waals surface area (Å²) in [5.41, 5.74) is 3.15. The number of urea groups is 1. The minimum Gasteiger partial charge on any atom is -0.467 e. The quantitative estimate of drug-likeness (QED) is 0.461. The van der Waals surface area contributed by atoms with Crippen molar-refractivity contribution in [3.63, 3.8) is 0 Å². The zero-order valence-electron chi connectivity index (χ0n) is 16.5. The molecule has 1 unspecified atom stereocenters. The van der Waals surface area contributed by atoms with Crippen molar-refractivity contribution in [2.24, 2.45) is 0 Å². The topological polar surface area (TPSA) is 106 Å². The highest BCUT2D eigenvalue weighted by Gasteiger charge is 2.35. The summed E-state index contributed by atoms with van der Waals surface area (Å²) in [4.78, 5) is 34.3.